The minimum atomic E-state index is -3.08. The molecule has 0 aromatic rings. The summed E-state index contributed by atoms with van der Waals surface area (Å²) in [5.74, 6) is 0.697. The summed E-state index contributed by atoms with van der Waals surface area (Å²) in [5, 5.41) is -0.604. The van der Waals surface area contributed by atoms with E-state index in [1.165, 1.54) is 0 Å². The lowest BCUT2D eigenvalue weighted by Gasteiger charge is -2.35. The first-order chi connectivity index (χ1) is 7.80. The van der Waals surface area contributed by atoms with Crippen molar-refractivity contribution in [3.63, 3.8) is 0 Å². The molecule has 0 amide bonds. The maximum absolute atomic E-state index is 12.5. The topological polar surface area (TPSA) is 60.2 Å². The van der Waals surface area contributed by atoms with Crippen LogP contribution in [0.1, 0.15) is 53.4 Å². The second-order valence-electron chi connectivity index (χ2n) is 5.83. The second-order valence-corrected chi connectivity index (χ2v) is 8.35. The van der Waals surface area contributed by atoms with Crippen LogP contribution in [-0.2, 0) is 9.84 Å². The van der Waals surface area contributed by atoms with E-state index in [2.05, 4.69) is 6.92 Å². The standard InChI is InChI=1S/C13H27NO2S/c1-5-11-6-7-12(14)13(8-11)17(15,16)10(4)9(2)3/h9-13H,5-8,14H2,1-4H3. The van der Waals surface area contributed by atoms with Gasteiger partial charge in [0, 0.05) is 6.04 Å². The van der Waals surface area contributed by atoms with E-state index in [1.807, 2.05) is 20.8 Å². The highest BCUT2D eigenvalue weighted by Gasteiger charge is 2.40. The maximum Gasteiger partial charge on any atom is 0.157 e. The van der Waals surface area contributed by atoms with Crippen LogP contribution in [0.5, 0.6) is 0 Å². The number of hydrogen-bond acceptors (Lipinski definition) is 3. The molecule has 0 radical (unpaired) electrons. The zero-order valence-electron chi connectivity index (χ0n) is 11.5. The normalized spacial score (nSPS) is 32.7. The summed E-state index contributed by atoms with van der Waals surface area (Å²) in [7, 11) is -3.08. The molecule has 102 valence electrons. The lowest BCUT2D eigenvalue weighted by molar-refractivity contribution is 0.317. The maximum atomic E-state index is 12.5. The Morgan fingerprint density at radius 3 is 2.29 bits per heavy atom. The summed E-state index contributed by atoms with van der Waals surface area (Å²) in [5.41, 5.74) is 6.04. The number of rotatable bonds is 4. The van der Waals surface area contributed by atoms with E-state index >= 15 is 0 Å². The molecule has 4 heteroatoms. The Kier molecular flexibility index (Phi) is 5.02. The van der Waals surface area contributed by atoms with E-state index < -0.39 is 9.84 Å². The molecule has 1 rings (SSSR count). The fraction of sp³-hybridized carbons (Fsp3) is 1.00. The Bertz CT molecular complexity index is 337. The van der Waals surface area contributed by atoms with E-state index in [1.54, 1.807) is 0 Å². The lowest BCUT2D eigenvalue weighted by Crippen LogP contribution is -2.48. The van der Waals surface area contributed by atoms with E-state index in [0.29, 0.717) is 5.92 Å². The largest absolute Gasteiger partial charge is 0.327 e. The average Bonchev–Trinajstić information content (AvgIpc) is 2.28. The summed E-state index contributed by atoms with van der Waals surface area (Å²) >= 11 is 0. The molecule has 0 saturated heterocycles. The van der Waals surface area contributed by atoms with Gasteiger partial charge in [0.2, 0.25) is 0 Å². The SMILES string of the molecule is CCC1CCC(N)C(S(=O)(=O)C(C)C(C)C)C1. The number of nitrogens with two attached hydrogens (primary N) is 1. The van der Waals surface area contributed by atoms with Crippen molar-refractivity contribution in [3.05, 3.63) is 0 Å². The molecule has 0 aromatic heterocycles. The zero-order valence-corrected chi connectivity index (χ0v) is 12.3. The van der Waals surface area contributed by atoms with Gasteiger partial charge in [0.15, 0.2) is 9.84 Å². The highest BCUT2D eigenvalue weighted by atomic mass is 32.2. The first kappa shape index (κ1) is 15.0. The highest BCUT2D eigenvalue weighted by Crippen LogP contribution is 2.32. The molecule has 4 atom stereocenters. The molecule has 3 nitrogen and oxygen atoms in total. The third kappa shape index (κ3) is 3.22. The molecule has 1 aliphatic carbocycles. The first-order valence-corrected chi connectivity index (χ1v) is 8.39. The smallest absolute Gasteiger partial charge is 0.157 e. The van der Waals surface area contributed by atoms with Crippen LogP contribution in [0.2, 0.25) is 0 Å². The molecule has 0 spiro atoms. The minimum absolute atomic E-state index is 0.161. The van der Waals surface area contributed by atoms with Crippen molar-refractivity contribution in [3.8, 4) is 0 Å². The van der Waals surface area contributed by atoms with E-state index in [0.717, 1.165) is 25.7 Å². The van der Waals surface area contributed by atoms with E-state index in [-0.39, 0.29) is 22.5 Å². The molecule has 1 fully saturated rings. The highest BCUT2D eigenvalue weighted by molar-refractivity contribution is 7.92. The van der Waals surface area contributed by atoms with Gasteiger partial charge < -0.3 is 5.73 Å². The summed E-state index contributed by atoms with van der Waals surface area (Å²) in [6, 6.07) is -0.163. The molecule has 1 saturated carbocycles. The predicted molar refractivity (Wildman–Crippen MR) is 72.6 cm³/mol. The quantitative estimate of drug-likeness (QED) is 0.845. The van der Waals surface area contributed by atoms with Gasteiger partial charge in [-0.1, -0.05) is 27.2 Å². The second kappa shape index (κ2) is 5.70. The van der Waals surface area contributed by atoms with Gasteiger partial charge in [-0.25, -0.2) is 8.42 Å². The Morgan fingerprint density at radius 1 is 1.24 bits per heavy atom. The van der Waals surface area contributed by atoms with Crippen LogP contribution in [0.15, 0.2) is 0 Å². The van der Waals surface area contributed by atoms with Crippen molar-refractivity contribution < 1.29 is 8.42 Å². The molecule has 17 heavy (non-hydrogen) atoms. The Hall–Kier alpha value is -0.0900. The van der Waals surface area contributed by atoms with Crippen molar-refractivity contribution in [1.82, 2.24) is 0 Å². The molecule has 0 heterocycles. The van der Waals surface area contributed by atoms with Gasteiger partial charge in [0.1, 0.15) is 0 Å². The fourth-order valence-corrected chi connectivity index (χ4v) is 5.11. The van der Waals surface area contributed by atoms with Gasteiger partial charge in [0.25, 0.3) is 0 Å². The van der Waals surface area contributed by atoms with Crippen LogP contribution >= 0.6 is 0 Å². The van der Waals surface area contributed by atoms with Crippen LogP contribution in [0.4, 0.5) is 0 Å². The fourth-order valence-electron chi connectivity index (χ4n) is 2.64. The van der Waals surface area contributed by atoms with Gasteiger partial charge in [-0.05, 0) is 38.0 Å². The minimum Gasteiger partial charge on any atom is -0.327 e. The van der Waals surface area contributed by atoms with Crippen molar-refractivity contribution in [2.45, 2.75) is 69.9 Å². The average molecular weight is 261 g/mol. The number of sulfone groups is 1. The van der Waals surface area contributed by atoms with Crippen molar-refractivity contribution in [2.75, 3.05) is 0 Å². The molecule has 0 aromatic carbocycles. The summed E-state index contributed by atoms with van der Waals surface area (Å²) < 4.78 is 25.0. The van der Waals surface area contributed by atoms with Gasteiger partial charge in [0.05, 0.1) is 10.5 Å². The lowest BCUT2D eigenvalue weighted by atomic mass is 9.84. The van der Waals surface area contributed by atoms with Crippen LogP contribution in [0, 0.1) is 11.8 Å². The molecule has 2 N–H and O–H groups in total. The zero-order chi connectivity index (χ0) is 13.2. The van der Waals surface area contributed by atoms with Gasteiger partial charge in [-0.15, -0.1) is 0 Å². The molecule has 0 bridgehead atoms. The molecule has 1 aliphatic rings. The van der Waals surface area contributed by atoms with Crippen LogP contribution in [-0.4, -0.2) is 25.0 Å². The van der Waals surface area contributed by atoms with Crippen molar-refractivity contribution >= 4 is 9.84 Å². The van der Waals surface area contributed by atoms with Crippen LogP contribution in [0.3, 0.4) is 0 Å². The van der Waals surface area contributed by atoms with E-state index in [9.17, 15) is 8.42 Å². The van der Waals surface area contributed by atoms with Crippen LogP contribution < -0.4 is 5.73 Å². The molecular weight excluding hydrogens is 234 g/mol. The molecule has 0 aliphatic heterocycles. The first-order valence-electron chi connectivity index (χ1n) is 6.79. The summed E-state index contributed by atoms with van der Waals surface area (Å²) in [4.78, 5) is 0. The summed E-state index contributed by atoms with van der Waals surface area (Å²) in [6.45, 7) is 7.89. The van der Waals surface area contributed by atoms with Gasteiger partial charge >= 0.3 is 0 Å². The van der Waals surface area contributed by atoms with Crippen molar-refractivity contribution in [2.24, 2.45) is 17.6 Å². The Labute approximate surface area is 106 Å². The third-order valence-electron chi connectivity index (χ3n) is 4.41. The Balaban J connectivity index is 2.88. The monoisotopic (exact) mass is 261 g/mol. The Morgan fingerprint density at radius 2 is 1.82 bits per heavy atom. The van der Waals surface area contributed by atoms with Crippen molar-refractivity contribution in [1.29, 1.82) is 0 Å². The number of hydrogen-bond donors (Lipinski definition) is 1. The summed E-state index contributed by atoms with van der Waals surface area (Å²) in [6.07, 6.45) is 3.76. The van der Waals surface area contributed by atoms with Gasteiger partial charge in [-0.2, -0.15) is 0 Å². The molecular formula is C13H27NO2S. The van der Waals surface area contributed by atoms with Gasteiger partial charge in [-0.3, -0.25) is 0 Å². The van der Waals surface area contributed by atoms with E-state index in [4.69, 9.17) is 5.73 Å². The molecule has 4 unspecified atom stereocenters. The predicted octanol–water partition coefficient (Wildman–Crippen LogP) is 2.35. The van der Waals surface area contributed by atoms with Crippen LogP contribution in [0.25, 0.3) is 0 Å². The third-order valence-corrected chi connectivity index (χ3v) is 7.37.